The Balaban J connectivity index is 3.26. The Morgan fingerprint density at radius 2 is 2.00 bits per heavy atom. The Labute approximate surface area is 91.1 Å². The third-order valence-corrected chi connectivity index (χ3v) is 2.91. The van der Waals surface area contributed by atoms with Crippen LogP contribution in [0.25, 0.3) is 0 Å². The molecule has 13 heavy (non-hydrogen) atoms. The van der Waals surface area contributed by atoms with Gasteiger partial charge in [-0.25, -0.2) is 4.79 Å². The van der Waals surface area contributed by atoms with Gasteiger partial charge < -0.3 is 4.74 Å². The zero-order chi connectivity index (χ0) is 10.1. The maximum Gasteiger partial charge on any atom is 0.367 e. The molecule has 0 rings (SSSR count). The number of ether oxygens (including phenoxy) is 1. The van der Waals surface area contributed by atoms with Gasteiger partial charge in [0, 0.05) is 11.5 Å². The van der Waals surface area contributed by atoms with Crippen molar-refractivity contribution in [3.05, 3.63) is 12.7 Å². The lowest BCUT2D eigenvalue weighted by Gasteiger charge is -1.99. The maximum absolute atomic E-state index is 10.8. The van der Waals surface area contributed by atoms with E-state index in [2.05, 4.69) is 19.2 Å². The highest BCUT2D eigenvalue weighted by molar-refractivity contribution is 8.32. The molecule has 0 aromatic carbocycles. The number of carbonyl (C=O) groups is 2. The van der Waals surface area contributed by atoms with E-state index in [1.807, 2.05) is 0 Å². The van der Waals surface area contributed by atoms with Crippen LogP contribution in [0.3, 0.4) is 0 Å². The van der Waals surface area contributed by atoms with Gasteiger partial charge in [0.15, 0.2) is 0 Å². The van der Waals surface area contributed by atoms with Crippen LogP contribution in [-0.2, 0) is 4.74 Å². The summed E-state index contributed by atoms with van der Waals surface area (Å²) in [6, 6.07) is 0. The number of carbonyl (C=O) groups excluding carboxylic acids is 2. The first-order valence-electron chi connectivity index (χ1n) is 3.43. The van der Waals surface area contributed by atoms with Crippen molar-refractivity contribution < 1.29 is 14.3 Å². The molecule has 0 saturated heterocycles. The second-order valence-corrected chi connectivity index (χ2v) is 4.62. The average molecular weight is 238 g/mol. The minimum absolute atomic E-state index is 0.227. The molecule has 0 spiro atoms. The molecule has 0 radical (unpaired) electrons. The highest BCUT2D eigenvalue weighted by Gasteiger charge is 2.02. The van der Waals surface area contributed by atoms with Gasteiger partial charge in [-0.15, -0.1) is 0 Å². The van der Waals surface area contributed by atoms with Gasteiger partial charge in [0.05, 0.1) is 0 Å². The SMILES string of the molecule is C=CCOC(=O)SCCSC(=O)S. The summed E-state index contributed by atoms with van der Waals surface area (Å²) in [5.41, 5.74) is 0. The molecule has 0 fully saturated rings. The molecule has 0 aromatic rings. The van der Waals surface area contributed by atoms with E-state index in [-0.39, 0.29) is 16.4 Å². The molecular formula is C7H10O3S3. The van der Waals surface area contributed by atoms with Gasteiger partial charge in [-0.2, -0.15) is 0 Å². The molecule has 0 aliphatic rings. The van der Waals surface area contributed by atoms with Crippen LogP contribution in [-0.4, -0.2) is 27.9 Å². The summed E-state index contributed by atoms with van der Waals surface area (Å²) < 4.78 is 4.45. The monoisotopic (exact) mass is 238 g/mol. The van der Waals surface area contributed by atoms with Crippen LogP contribution in [0.1, 0.15) is 0 Å². The van der Waals surface area contributed by atoms with Crippen LogP contribution >= 0.6 is 36.2 Å². The van der Waals surface area contributed by atoms with E-state index in [1.54, 1.807) is 0 Å². The predicted octanol–water partition coefficient (Wildman–Crippen LogP) is 2.83. The Morgan fingerprint density at radius 3 is 2.54 bits per heavy atom. The quantitative estimate of drug-likeness (QED) is 0.345. The van der Waals surface area contributed by atoms with E-state index >= 15 is 0 Å². The lowest BCUT2D eigenvalue weighted by Crippen LogP contribution is -1.99. The summed E-state index contributed by atoms with van der Waals surface area (Å²) in [6.07, 6.45) is 1.50. The first kappa shape index (κ1) is 12.9. The molecule has 0 saturated carbocycles. The van der Waals surface area contributed by atoms with Gasteiger partial charge in [-0.1, -0.05) is 37.0 Å². The summed E-state index contributed by atoms with van der Waals surface area (Å²) in [5.74, 6) is 1.11. The Kier molecular flexibility index (Phi) is 8.48. The molecule has 0 aliphatic carbocycles. The van der Waals surface area contributed by atoms with Crippen LogP contribution in [0.4, 0.5) is 9.59 Å². The van der Waals surface area contributed by atoms with E-state index in [0.29, 0.717) is 11.5 Å². The van der Waals surface area contributed by atoms with Gasteiger partial charge in [0.2, 0.25) is 4.45 Å². The molecule has 6 heteroatoms. The molecule has 0 aromatic heterocycles. The first-order valence-corrected chi connectivity index (χ1v) is 5.85. The first-order chi connectivity index (χ1) is 6.16. The number of hydrogen-bond donors (Lipinski definition) is 1. The van der Waals surface area contributed by atoms with Crippen LogP contribution in [0, 0.1) is 0 Å². The van der Waals surface area contributed by atoms with Crippen molar-refractivity contribution >= 4 is 45.9 Å². The normalized spacial score (nSPS) is 9.31. The van der Waals surface area contributed by atoms with Crippen molar-refractivity contribution in [1.29, 1.82) is 0 Å². The topological polar surface area (TPSA) is 43.4 Å². The van der Waals surface area contributed by atoms with Gasteiger partial charge in [-0.3, -0.25) is 4.79 Å². The third kappa shape index (κ3) is 9.85. The summed E-state index contributed by atoms with van der Waals surface area (Å²) in [5, 5.41) is -0.341. The van der Waals surface area contributed by atoms with E-state index in [0.717, 1.165) is 23.5 Å². The molecule has 0 atom stereocenters. The van der Waals surface area contributed by atoms with Crippen LogP contribution < -0.4 is 0 Å². The number of rotatable bonds is 5. The largest absolute Gasteiger partial charge is 0.453 e. The fraction of sp³-hybridized carbons (Fsp3) is 0.429. The fourth-order valence-electron chi connectivity index (χ4n) is 0.423. The van der Waals surface area contributed by atoms with Gasteiger partial charge in [0.1, 0.15) is 6.61 Å². The predicted molar refractivity (Wildman–Crippen MR) is 60.8 cm³/mol. The zero-order valence-electron chi connectivity index (χ0n) is 6.89. The van der Waals surface area contributed by atoms with Crippen LogP contribution in [0.5, 0.6) is 0 Å². The van der Waals surface area contributed by atoms with E-state index in [9.17, 15) is 9.59 Å². The molecule has 0 heterocycles. The lowest BCUT2D eigenvalue weighted by atomic mass is 10.7. The standard InChI is InChI=1S/C7H10O3S3/c1-2-3-10-6(8)12-4-5-13-7(9)11/h2H,1,3-5H2,(H,9,11). The number of hydrogen-bond acceptors (Lipinski definition) is 5. The second-order valence-electron chi connectivity index (χ2n) is 1.81. The van der Waals surface area contributed by atoms with Crippen molar-refractivity contribution in [3.63, 3.8) is 0 Å². The zero-order valence-corrected chi connectivity index (χ0v) is 9.42. The molecule has 0 N–H and O–H groups in total. The number of thiol groups is 1. The lowest BCUT2D eigenvalue weighted by molar-refractivity contribution is 0.188. The molecule has 0 amide bonds. The molecule has 0 bridgehead atoms. The summed E-state index contributed by atoms with van der Waals surface area (Å²) >= 11 is 5.68. The van der Waals surface area contributed by atoms with Crippen LogP contribution in [0.15, 0.2) is 12.7 Å². The third-order valence-electron chi connectivity index (χ3n) is 0.848. The Hall–Kier alpha value is -0.0700. The highest BCUT2D eigenvalue weighted by atomic mass is 32.2. The fourth-order valence-corrected chi connectivity index (χ4v) is 1.86. The summed E-state index contributed by atoms with van der Waals surface area (Å²) in [7, 11) is 0. The molecule has 74 valence electrons. The second kappa shape index (κ2) is 8.52. The van der Waals surface area contributed by atoms with Gasteiger partial charge in [-0.05, 0) is 11.8 Å². The minimum Gasteiger partial charge on any atom is -0.453 e. The van der Waals surface area contributed by atoms with Crippen LogP contribution in [0.2, 0.25) is 0 Å². The molecule has 3 nitrogen and oxygen atoms in total. The molecule has 0 aliphatic heterocycles. The smallest absolute Gasteiger partial charge is 0.367 e. The maximum atomic E-state index is 10.8. The molecular weight excluding hydrogens is 228 g/mol. The molecule has 0 unspecified atom stereocenters. The Bertz CT molecular complexity index is 193. The van der Waals surface area contributed by atoms with Crippen molar-refractivity contribution in [2.75, 3.05) is 18.1 Å². The average Bonchev–Trinajstić information content (AvgIpc) is 2.08. The van der Waals surface area contributed by atoms with E-state index in [1.165, 1.54) is 6.08 Å². The van der Waals surface area contributed by atoms with Crippen molar-refractivity contribution in [3.8, 4) is 0 Å². The van der Waals surface area contributed by atoms with E-state index < -0.39 is 0 Å². The van der Waals surface area contributed by atoms with Crippen molar-refractivity contribution in [2.45, 2.75) is 0 Å². The van der Waals surface area contributed by atoms with Crippen molar-refractivity contribution in [1.82, 2.24) is 0 Å². The summed E-state index contributed by atoms with van der Waals surface area (Å²) in [6.45, 7) is 3.63. The Morgan fingerprint density at radius 1 is 1.38 bits per heavy atom. The van der Waals surface area contributed by atoms with Gasteiger partial charge in [0.25, 0.3) is 0 Å². The van der Waals surface area contributed by atoms with E-state index in [4.69, 9.17) is 4.74 Å². The highest BCUT2D eigenvalue weighted by Crippen LogP contribution is 2.12. The van der Waals surface area contributed by atoms with Crippen molar-refractivity contribution in [2.24, 2.45) is 0 Å². The number of thioether (sulfide) groups is 2. The minimum atomic E-state index is -0.341. The summed E-state index contributed by atoms with van der Waals surface area (Å²) in [4.78, 5) is 21.2. The van der Waals surface area contributed by atoms with Gasteiger partial charge >= 0.3 is 5.30 Å².